The summed E-state index contributed by atoms with van der Waals surface area (Å²) in [4.78, 5) is 0. The van der Waals surface area contributed by atoms with Gasteiger partial charge in [-0.3, -0.25) is 0 Å². The minimum absolute atomic E-state index is 0.462. The quantitative estimate of drug-likeness (QED) is 0.914. The first-order valence-corrected chi connectivity index (χ1v) is 7.64. The van der Waals surface area contributed by atoms with E-state index in [1.165, 1.54) is 35.1 Å². The molecule has 1 aliphatic carbocycles. The fourth-order valence-corrected chi connectivity index (χ4v) is 3.58. The summed E-state index contributed by atoms with van der Waals surface area (Å²) in [5.74, 6) is 0.958. The van der Waals surface area contributed by atoms with Crippen molar-refractivity contribution in [1.29, 1.82) is 0 Å². The van der Waals surface area contributed by atoms with Crippen molar-refractivity contribution in [3.8, 4) is 5.75 Å². The highest BCUT2D eigenvalue weighted by atomic mass is 32.1. The second-order valence-electron chi connectivity index (χ2n) is 5.12. The van der Waals surface area contributed by atoms with Gasteiger partial charge in [0.15, 0.2) is 0 Å². The Hall–Kier alpha value is -1.32. The Morgan fingerprint density at radius 1 is 1.37 bits per heavy atom. The number of fused-ring (bicyclic) bond motifs is 1. The van der Waals surface area contributed by atoms with Gasteiger partial charge >= 0.3 is 0 Å². The van der Waals surface area contributed by atoms with Crippen molar-refractivity contribution in [1.82, 2.24) is 5.32 Å². The van der Waals surface area contributed by atoms with E-state index in [0.29, 0.717) is 6.04 Å². The molecular weight excluding hydrogens is 254 g/mol. The number of rotatable bonds is 4. The number of methoxy groups -OCH3 is 1. The van der Waals surface area contributed by atoms with Crippen molar-refractivity contribution in [3.63, 3.8) is 0 Å². The molecule has 100 valence electrons. The van der Waals surface area contributed by atoms with E-state index in [9.17, 15) is 0 Å². The van der Waals surface area contributed by atoms with Crippen LogP contribution >= 0.6 is 11.3 Å². The zero-order valence-electron chi connectivity index (χ0n) is 11.4. The van der Waals surface area contributed by atoms with Crippen molar-refractivity contribution < 1.29 is 4.74 Å². The predicted molar refractivity (Wildman–Crippen MR) is 80.0 cm³/mol. The molecule has 3 heteroatoms. The average molecular weight is 273 g/mol. The SMILES string of the molecule is COc1ccc2c(c1)C(NCc1cscc1C)CC2. The third-order valence-corrected chi connectivity index (χ3v) is 4.84. The largest absolute Gasteiger partial charge is 0.497 e. The van der Waals surface area contributed by atoms with E-state index < -0.39 is 0 Å². The van der Waals surface area contributed by atoms with Crippen LogP contribution in [-0.4, -0.2) is 7.11 Å². The Morgan fingerprint density at radius 2 is 2.26 bits per heavy atom. The van der Waals surface area contributed by atoms with Crippen LogP contribution < -0.4 is 10.1 Å². The predicted octanol–water partition coefficient (Wildman–Crippen LogP) is 3.84. The number of ether oxygens (including phenoxy) is 1. The summed E-state index contributed by atoms with van der Waals surface area (Å²) in [6.45, 7) is 3.13. The van der Waals surface area contributed by atoms with Gasteiger partial charge in [0.2, 0.25) is 0 Å². The zero-order valence-corrected chi connectivity index (χ0v) is 12.2. The molecule has 0 amide bonds. The lowest BCUT2D eigenvalue weighted by molar-refractivity contribution is 0.413. The van der Waals surface area contributed by atoms with Crippen LogP contribution in [0.3, 0.4) is 0 Å². The third-order valence-electron chi connectivity index (χ3n) is 3.93. The lowest BCUT2D eigenvalue weighted by Gasteiger charge is -2.14. The Morgan fingerprint density at radius 3 is 3.00 bits per heavy atom. The summed E-state index contributed by atoms with van der Waals surface area (Å²) >= 11 is 1.78. The van der Waals surface area contributed by atoms with Crippen LogP contribution in [0.1, 0.15) is 34.7 Å². The first kappa shape index (κ1) is 12.7. The van der Waals surface area contributed by atoms with Crippen LogP contribution in [0, 0.1) is 6.92 Å². The lowest BCUT2D eigenvalue weighted by Crippen LogP contribution is -2.18. The summed E-state index contributed by atoms with van der Waals surface area (Å²) in [5.41, 5.74) is 5.68. The highest BCUT2D eigenvalue weighted by molar-refractivity contribution is 7.08. The van der Waals surface area contributed by atoms with Gasteiger partial charge in [0.05, 0.1) is 7.11 Å². The summed E-state index contributed by atoms with van der Waals surface area (Å²) < 4.78 is 5.33. The number of benzene rings is 1. The molecule has 0 fully saturated rings. The molecule has 0 spiro atoms. The lowest BCUT2D eigenvalue weighted by atomic mass is 10.1. The molecule has 0 aliphatic heterocycles. The fraction of sp³-hybridized carbons (Fsp3) is 0.375. The Bertz CT molecular complexity index is 576. The number of thiophene rings is 1. The summed E-state index contributed by atoms with van der Waals surface area (Å²) in [7, 11) is 1.73. The molecular formula is C16H19NOS. The van der Waals surface area contributed by atoms with Crippen molar-refractivity contribution in [3.05, 3.63) is 51.2 Å². The maximum atomic E-state index is 5.33. The van der Waals surface area contributed by atoms with Gasteiger partial charge in [0, 0.05) is 12.6 Å². The molecule has 1 unspecified atom stereocenters. The Labute approximate surface area is 118 Å². The van der Waals surface area contributed by atoms with Crippen LogP contribution in [-0.2, 0) is 13.0 Å². The number of hydrogen-bond donors (Lipinski definition) is 1. The second-order valence-corrected chi connectivity index (χ2v) is 5.86. The van der Waals surface area contributed by atoms with E-state index in [1.54, 1.807) is 18.4 Å². The van der Waals surface area contributed by atoms with Crippen molar-refractivity contribution >= 4 is 11.3 Å². The highest BCUT2D eigenvalue weighted by Crippen LogP contribution is 2.34. The van der Waals surface area contributed by atoms with Crippen LogP contribution in [0.25, 0.3) is 0 Å². The van der Waals surface area contributed by atoms with E-state index in [4.69, 9.17) is 4.74 Å². The first-order chi connectivity index (χ1) is 9.28. The molecule has 1 aromatic heterocycles. The minimum Gasteiger partial charge on any atom is -0.497 e. The monoisotopic (exact) mass is 273 g/mol. The first-order valence-electron chi connectivity index (χ1n) is 6.70. The van der Waals surface area contributed by atoms with Gasteiger partial charge in [-0.25, -0.2) is 0 Å². The van der Waals surface area contributed by atoms with Crippen molar-refractivity contribution in [2.75, 3.05) is 7.11 Å². The molecule has 2 nitrogen and oxygen atoms in total. The molecule has 19 heavy (non-hydrogen) atoms. The number of hydrogen-bond acceptors (Lipinski definition) is 3. The molecule has 0 saturated carbocycles. The smallest absolute Gasteiger partial charge is 0.119 e. The van der Waals surface area contributed by atoms with E-state index in [2.05, 4.69) is 41.2 Å². The zero-order chi connectivity index (χ0) is 13.2. The fourth-order valence-electron chi connectivity index (χ4n) is 2.72. The van der Waals surface area contributed by atoms with Crippen LogP contribution in [0.4, 0.5) is 0 Å². The summed E-state index contributed by atoms with van der Waals surface area (Å²) in [6, 6.07) is 6.90. The molecule has 1 heterocycles. The van der Waals surface area contributed by atoms with Gasteiger partial charge in [0.25, 0.3) is 0 Å². The Balaban J connectivity index is 1.73. The molecule has 1 N–H and O–H groups in total. The van der Waals surface area contributed by atoms with Gasteiger partial charge in [-0.05, 0) is 64.9 Å². The number of aryl methyl sites for hydroxylation is 2. The van der Waals surface area contributed by atoms with Crippen molar-refractivity contribution in [2.45, 2.75) is 32.4 Å². The minimum atomic E-state index is 0.462. The summed E-state index contributed by atoms with van der Waals surface area (Å²) in [5, 5.41) is 8.13. The van der Waals surface area contributed by atoms with Gasteiger partial charge in [-0.2, -0.15) is 11.3 Å². The van der Waals surface area contributed by atoms with E-state index >= 15 is 0 Å². The van der Waals surface area contributed by atoms with Gasteiger partial charge in [-0.15, -0.1) is 0 Å². The maximum Gasteiger partial charge on any atom is 0.119 e. The topological polar surface area (TPSA) is 21.3 Å². The van der Waals surface area contributed by atoms with E-state index in [-0.39, 0.29) is 0 Å². The van der Waals surface area contributed by atoms with Gasteiger partial charge < -0.3 is 10.1 Å². The third kappa shape index (κ3) is 2.53. The highest BCUT2D eigenvalue weighted by Gasteiger charge is 2.22. The number of nitrogens with one attached hydrogen (secondary N) is 1. The molecule has 0 radical (unpaired) electrons. The molecule has 2 aromatic rings. The molecule has 3 rings (SSSR count). The van der Waals surface area contributed by atoms with Crippen LogP contribution in [0.2, 0.25) is 0 Å². The molecule has 1 aromatic carbocycles. The second kappa shape index (κ2) is 5.35. The maximum absolute atomic E-state index is 5.33. The van der Waals surface area contributed by atoms with Gasteiger partial charge in [-0.1, -0.05) is 6.07 Å². The van der Waals surface area contributed by atoms with E-state index in [0.717, 1.165) is 12.3 Å². The molecule has 1 aliphatic rings. The molecule has 0 saturated heterocycles. The van der Waals surface area contributed by atoms with Crippen LogP contribution in [0.15, 0.2) is 29.0 Å². The molecule has 1 atom stereocenters. The summed E-state index contributed by atoms with van der Waals surface area (Å²) in [6.07, 6.45) is 2.35. The standard InChI is InChI=1S/C16H19NOS/c1-11-9-19-10-13(11)8-17-16-6-4-12-3-5-14(18-2)7-15(12)16/h3,5,7,9-10,16-17H,4,6,8H2,1-2H3. The average Bonchev–Trinajstić information content (AvgIpc) is 3.02. The van der Waals surface area contributed by atoms with Crippen LogP contribution in [0.5, 0.6) is 5.75 Å². The van der Waals surface area contributed by atoms with Crippen molar-refractivity contribution in [2.24, 2.45) is 0 Å². The Kier molecular flexibility index (Phi) is 3.58. The normalized spacial score (nSPS) is 17.5. The molecule has 0 bridgehead atoms. The van der Waals surface area contributed by atoms with E-state index in [1.807, 2.05) is 0 Å². The van der Waals surface area contributed by atoms with Gasteiger partial charge in [0.1, 0.15) is 5.75 Å².